The Kier molecular flexibility index (Phi) is 2.93. The normalized spacial score (nSPS) is 22.8. The summed E-state index contributed by atoms with van der Waals surface area (Å²) in [7, 11) is 0. The number of hydrogen-bond acceptors (Lipinski definition) is 3. The largest absolute Gasteiger partial charge is 0.486 e. The molecule has 1 atom stereocenters. The minimum absolute atomic E-state index is 0.666. The van der Waals surface area contributed by atoms with Crippen molar-refractivity contribution in [3.05, 3.63) is 23.3 Å². The summed E-state index contributed by atoms with van der Waals surface area (Å²) >= 11 is 0. The number of rotatable bonds is 2. The highest BCUT2D eigenvalue weighted by atomic mass is 16.6. The number of hydrogen-bond donors (Lipinski definition) is 1. The van der Waals surface area contributed by atoms with E-state index < -0.39 is 0 Å². The molecule has 1 aromatic rings. The first-order valence-corrected chi connectivity index (χ1v) is 6.43. The maximum absolute atomic E-state index is 5.67. The summed E-state index contributed by atoms with van der Waals surface area (Å²) in [5.74, 6) is 2.64. The van der Waals surface area contributed by atoms with Crippen molar-refractivity contribution in [2.75, 3.05) is 26.3 Å². The van der Waals surface area contributed by atoms with Crippen molar-refractivity contribution in [2.45, 2.75) is 19.8 Å². The molecular weight excluding hydrogens is 214 g/mol. The second-order valence-corrected chi connectivity index (χ2v) is 5.00. The highest BCUT2D eigenvalue weighted by molar-refractivity contribution is 5.49. The lowest BCUT2D eigenvalue weighted by Crippen LogP contribution is -2.17. The van der Waals surface area contributed by atoms with Gasteiger partial charge in [0.2, 0.25) is 0 Å². The second kappa shape index (κ2) is 4.57. The van der Waals surface area contributed by atoms with Crippen LogP contribution in [0.2, 0.25) is 0 Å². The van der Waals surface area contributed by atoms with Crippen molar-refractivity contribution in [3.8, 4) is 11.5 Å². The number of ether oxygens (including phenoxy) is 2. The zero-order chi connectivity index (χ0) is 11.7. The van der Waals surface area contributed by atoms with Crippen LogP contribution in [0.25, 0.3) is 0 Å². The van der Waals surface area contributed by atoms with Gasteiger partial charge in [0.15, 0.2) is 11.5 Å². The predicted octanol–water partition coefficient (Wildman–Crippen LogP) is 1.92. The van der Waals surface area contributed by atoms with Crippen molar-refractivity contribution in [2.24, 2.45) is 5.92 Å². The topological polar surface area (TPSA) is 30.5 Å². The Balaban J connectivity index is 1.82. The Morgan fingerprint density at radius 1 is 1.29 bits per heavy atom. The van der Waals surface area contributed by atoms with E-state index in [-0.39, 0.29) is 0 Å². The fourth-order valence-electron chi connectivity index (χ4n) is 2.74. The van der Waals surface area contributed by atoms with Crippen LogP contribution in [0.3, 0.4) is 0 Å². The van der Waals surface area contributed by atoms with E-state index in [0.717, 1.165) is 36.9 Å². The van der Waals surface area contributed by atoms with E-state index in [4.69, 9.17) is 9.47 Å². The molecule has 0 spiro atoms. The third-order valence-electron chi connectivity index (χ3n) is 3.57. The van der Waals surface area contributed by atoms with Crippen LogP contribution >= 0.6 is 0 Å². The molecule has 1 fully saturated rings. The number of benzene rings is 1. The molecule has 92 valence electrons. The predicted molar refractivity (Wildman–Crippen MR) is 66.8 cm³/mol. The molecule has 0 aliphatic carbocycles. The maximum atomic E-state index is 5.67. The quantitative estimate of drug-likeness (QED) is 0.846. The standard InChI is InChI=1S/C14H19NO2/c1-10-6-12(7-11-2-3-15-9-11)8-13-14(10)17-5-4-16-13/h6,8,11,15H,2-5,7,9H2,1H3. The third kappa shape index (κ3) is 2.25. The lowest BCUT2D eigenvalue weighted by atomic mass is 9.97. The van der Waals surface area contributed by atoms with Crippen LogP contribution in [0.1, 0.15) is 17.5 Å². The zero-order valence-electron chi connectivity index (χ0n) is 10.3. The van der Waals surface area contributed by atoms with E-state index in [0.29, 0.717) is 13.2 Å². The molecule has 1 aromatic carbocycles. The van der Waals surface area contributed by atoms with Crippen molar-refractivity contribution >= 4 is 0 Å². The van der Waals surface area contributed by atoms with Gasteiger partial charge in [-0.2, -0.15) is 0 Å². The summed E-state index contributed by atoms with van der Waals surface area (Å²) in [5, 5.41) is 3.41. The van der Waals surface area contributed by atoms with Gasteiger partial charge in [-0.25, -0.2) is 0 Å². The van der Waals surface area contributed by atoms with Gasteiger partial charge in [0.25, 0.3) is 0 Å². The van der Waals surface area contributed by atoms with Crippen LogP contribution in [0.4, 0.5) is 0 Å². The van der Waals surface area contributed by atoms with Gasteiger partial charge in [-0.1, -0.05) is 6.07 Å². The molecule has 17 heavy (non-hydrogen) atoms. The van der Waals surface area contributed by atoms with Gasteiger partial charge < -0.3 is 14.8 Å². The lowest BCUT2D eigenvalue weighted by molar-refractivity contribution is 0.170. The number of nitrogens with one attached hydrogen (secondary N) is 1. The molecule has 2 aliphatic rings. The van der Waals surface area contributed by atoms with Gasteiger partial charge in [0.05, 0.1) is 0 Å². The molecular formula is C14H19NO2. The molecule has 3 rings (SSSR count). The summed E-state index contributed by atoms with van der Waals surface area (Å²) < 4.78 is 11.3. The van der Waals surface area contributed by atoms with Gasteiger partial charge >= 0.3 is 0 Å². The second-order valence-electron chi connectivity index (χ2n) is 5.00. The molecule has 0 radical (unpaired) electrons. The Morgan fingerprint density at radius 3 is 3.00 bits per heavy atom. The average Bonchev–Trinajstić information content (AvgIpc) is 2.82. The molecule has 1 N–H and O–H groups in total. The van der Waals surface area contributed by atoms with E-state index in [2.05, 4.69) is 24.4 Å². The summed E-state index contributed by atoms with van der Waals surface area (Å²) in [6.45, 7) is 5.74. The minimum atomic E-state index is 0.666. The van der Waals surface area contributed by atoms with E-state index in [1.54, 1.807) is 0 Å². The SMILES string of the molecule is Cc1cc(CC2CCNC2)cc2c1OCCO2. The monoisotopic (exact) mass is 233 g/mol. The molecule has 1 saturated heterocycles. The molecule has 3 nitrogen and oxygen atoms in total. The van der Waals surface area contributed by atoms with Gasteiger partial charge in [-0.15, -0.1) is 0 Å². The van der Waals surface area contributed by atoms with Gasteiger partial charge in [0.1, 0.15) is 13.2 Å². The van der Waals surface area contributed by atoms with E-state index in [9.17, 15) is 0 Å². The van der Waals surface area contributed by atoms with Crippen molar-refractivity contribution < 1.29 is 9.47 Å². The Labute approximate surface area is 102 Å². The molecule has 2 heterocycles. The van der Waals surface area contributed by atoms with Gasteiger partial charge in [-0.3, -0.25) is 0 Å². The molecule has 0 bridgehead atoms. The van der Waals surface area contributed by atoms with Crippen LogP contribution in [0.5, 0.6) is 11.5 Å². The highest BCUT2D eigenvalue weighted by Gasteiger charge is 2.19. The fourth-order valence-corrected chi connectivity index (χ4v) is 2.74. The van der Waals surface area contributed by atoms with Crippen molar-refractivity contribution in [3.63, 3.8) is 0 Å². The summed E-state index contributed by atoms with van der Waals surface area (Å²) in [5.41, 5.74) is 2.57. The zero-order valence-corrected chi connectivity index (χ0v) is 10.3. The maximum Gasteiger partial charge on any atom is 0.164 e. The van der Waals surface area contributed by atoms with Crippen LogP contribution in [0.15, 0.2) is 12.1 Å². The summed E-state index contributed by atoms with van der Waals surface area (Å²) in [6.07, 6.45) is 2.43. The first-order valence-electron chi connectivity index (χ1n) is 6.43. The van der Waals surface area contributed by atoms with Gasteiger partial charge in [-0.05, 0) is 56.0 Å². The third-order valence-corrected chi connectivity index (χ3v) is 3.57. The molecule has 2 aliphatic heterocycles. The van der Waals surface area contributed by atoms with Crippen LogP contribution in [-0.4, -0.2) is 26.3 Å². The fraction of sp³-hybridized carbons (Fsp3) is 0.571. The van der Waals surface area contributed by atoms with E-state index in [1.807, 2.05) is 0 Å². The van der Waals surface area contributed by atoms with Crippen LogP contribution in [-0.2, 0) is 6.42 Å². The summed E-state index contributed by atoms with van der Waals surface area (Å²) in [6, 6.07) is 4.39. The average molecular weight is 233 g/mol. The highest BCUT2D eigenvalue weighted by Crippen LogP contribution is 2.35. The Hall–Kier alpha value is -1.22. The molecule has 1 unspecified atom stereocenters. The number of aryl methyl sites for hydroxylation is 1. The first-order chi connectivity index (χ1) is 8.33. The van der Waals surface area contributed by atoms with E-state index in [1.165, 1.54) is 17.5 Å². The Bertz CT molecular complexity index is 411. The summed E-state index contributed by atoms with van der Waals surface area (Å²) in [4.78, 5) is 0. The Morgan fingerprint density at radius 2 is 2.18 bits per heavy atom. The number of fused-ring (bicyclic) bond motifs is 1. The lowest BCUT2D eigenvalue weighted by Gasteiger charge is -2.21. The van der Waals surface area contributed by atoms with Crippen LogP contribution < -0.4 is 14.8 Å². The smallest absolute Gasteiger partial charge is 0.164 e. The van der Waals surface area contributed by atoms with Gasteiger partial charge in [0, 0.05) is 0 Å². The molecule has 3 heteroatoms. The molecule has 0 saturated carbocycles. The van der Waals surface area contributed by atoms with Crippen LogP contribution in [0, 0.1) is 12.8 Å². The molecule has 0 amide bonds. The van der Waals surface area contributed by atoms with E-state index >= 15 is 0 Å². The van der Waals surface area contributed by atoms with Crippen molar-refractivity contribution in [1.29, 1.82) is 0 Å². The van der Waals surface area contributed by atoms with Crippen molar-refractivity contribution in [1.82, 2.24) is 5.32 Å². The first kappa shape index (κ1) is 10.9. The minimum Gasteiger partial charge on any atom is -0.486 e. The molecule has 0 aromatic heterocycles.